The minimum atomic E-state index is 0.385. The van der Waals surface area contributed by atoms with E-state index in [1.807, 2.05) is 6.92 Å². The molecule has 1 unspecified atom stereocenters. The van der Waals surface area contributed by atoms with Gasteiger partial charge in [0.25, 0.3) is 0 Å². The standard InChI is InChI=1S/C9H18N4O/c1-3-14-7-5-4-6-8(2)9-10-12-13-11-9/h8H,3-7H2,1-2H3,(H,10,11,12,13). The normalized spacial score (nSPS) is 13.0. The van der Waals surface area contributed by atoms with Gasteiger partial charge in [0.2, 0.25) is 0 Å². The average Bonchev–Trinajstić information content (AvgIpc) is 2.70. The number of hydrogen-bond donors (Lipinski definition) is 1. The van der Waals surface area contributed by atoms with Crippen molar-refractivity contribution >= 4 is 0 Å². The Morgan fingerprint density at radius 1 is 1.43 bits per heavy atom. The van der Waals surface area contributed by atoms with Crippen LogP contribution in [0.3, 0.4) is 0 Å². The van der Waals surface area contributed by atoms with E-state index < -0.39 is 0 Å². The molecule has 1 heterocycles. The molecule has 0 bridgehead atoms. The Balaban J connectivity index is 2.07. The van der Waals surface area contributed by atoms with Crippen LogP contribution < -0.4 is 0 Å². The highest BCUT2D eigenvalue weighted by Crippen LogP contribution is 2.16. The Morgan fingerprint density at radius 2 is 2.29 bits per heavy atom. The first-order valence-electron chi connectivity index (χ1n) is 5.15. The Labute approximate surface area is 84.2 Å². The molecule has 1 rings (SSSR count). The molecule has 0 spiro atoms. The molecular formula is C9H18N4O. The second-order valence-corrected chi connectivity index (χ2v) is 3.36. The number of hydrogen-bond acceptors (Lipinski definition) is 4. The number of aromatic amines is 1. The van der Waals surface area contributed by atoms with Crippen LogP contribution in [0.5, 0.6) is 0 Å². The van der Waals surface area contributed by atoms with Gasteiger partial charge in [-0.05, 0) is 19.8 Å². The number of aromatic nitrogens is 4. The minimum Gasteiger partial charge on any atom is -0.382 e. The van der Waals surface area contributed by atoms with Gasteiger partial charge in [-0.15, -0.1) is 10.2 Å². The maximum atomic E-state index is 5.26. The lowest BCUT2D eigenvalue weighted by atomic mass is 10.0. The van der Waals surface area contributed by atoms with E-state index in [-0.39, 0.29) is 0 Å². The molecule has 0 aliphatic heterocycles. The van der Waals surface area contributed by atoms with Crippen molar-refractivity contribution in [3.05, 3.63) is 5.82 Å². The molecule has 1 aromatic rings. The summed E-state index contributed by atoms with van der Waals surface area (Å²) < 4.78 is 5.26. The van der Waals surface area contributed by atoms with Crippen LogP contribution in [0.1, 0.15) is 44.9 Å². The molecule has 0 aliphatic carbocycles. The van der Waals surface area contributed by atoms with Crippen molar-refractivity contribution in [3.8, 4) is 0 Å². The molecule has 1 N–H and O–H groups in total. The van der Waals surface area contributed by atoms with E-state index in [0.717, 1.165) is 38.3 Å². The van der Waals surface area contributed by atoms with E-state index in [1.54, 1.807) is 0 Å². The molecule has 0 aromatic carbocycles. The summed E-state index contributed by atoms with van der Waals surface area (Å²) in [5, 5.41) is 13.9. The number of H-pyrrole nitrogens is 1. The minimum absolute atomic E-state index is 0.385. The second-order valence-electron chi connectivity index (χ2n) is 3.36. The smallest absolute Gasteiger partial charge is 0.177 e. The number of rotatable bonds is 7. The fraction of sp³-hybridized carbons (Fsp3) is 0.889. The Kier molecular flexibility index (Phi) is 5.14. The maximum Gasteiger partial charge on any atom is 0.177 e. The predicted molar refractivity (Wildman–Crippen MR) is 52.9 cm³/mol. The average molecular weight is 198 g/mol. The van der Waals surface area contributed by atoms with Crippen LogP contribution >= 0.6 is 0 Å². The third kappa shape index (κ3) is 3.83. The highest BCUT2D eigenvalue weighted by atomic mass is 16.5. The summed E-state index contributed by atoms with van der Waals surface area (Å²) in [7, 11) is 0. The molecule has 0 amide bonds. The van der Waals surface area contributed by atoms with Crippen LogP contribution in [0.15, 0.2) is 0 Å². The first-order valence-corrected chi connectivity index (χ1v) is 5.15. The largest absolute Gasteiger partial charge is 0.382 e. The number of nitrogens with one attached hydrogen (secondary N) is 1. The molecule has 80 valence electrons. The quantitative estimate of drug-likeness (QED) is 0.674. The zero-order valence-corrected chi connectivity index (χ0v) is 8.86. The van der Waals surface area contributed by atoms with E-state index >= 15 is 0 Å². The van der Waals surface area contributed by atoms with E-state index in [2.05, 4.69) is 27.5 Å². The lowest BCUT2D eigenvalue weighted by molar-refractivity contribution is 0.142. The van der Waals surface area contributed by atoms with E-state index in [4.69, 9.17) is 4.74 Å². The van der Waals surface area contributed by atoms with Crippen LogP contribution in [0.2, 0.25) is 0 Å². The zero-order valence-electron chi connectivity index (χ0n) is 8.86. The summed E-state index contributed by atoms with van der Waals surface area (Å²) in [4.78, 5) is 0. The van der Waals surface area contributed by atoms with Gasteiger partial charge >= 0.3 is 0 Å². The van der Waals surface area contributed by atoms with E-state index in [0.29, 0.717) is 5.92 Å². The van der Waals surface area contributed by atoms with Crippen molar-refractivity contribution in [2.45, 2.75) is 39.0 Å². The predicted octanol–water partition coefficient (Wildman–Crippen LogP) is 1.51. The Bertz CT molecular complexity index is 225. The van der Waals surface area contributed by atoms with E-state index in [1.165, 1.54) is 0 Å². The molecule has 0 fully saturated rings. The van der Waals surface area contributed by atoms with Crippen LogP contribution in [0, 0.1) is 0 Å². The highest BCUT2D eigenvalue weighted by molar-refractivity contribution is 4.86. The topological polar surface area (TPSA) is 63.7 Å². The second kappa shape index (κ2) is 6.48. The van der Waals surface area contributed by atoms with Gasteiger partial charge < -0.3 is 4.74 Å². The van der Waals surface area contributed by atoms with Crippen LogP contribution in [0.4, 0.5) is 0 Å². The summed E-state index contributed by atoms with van der Waals surface area (Å²) in [5.74, 6) is 1.19. The van der Waals surface area contributed by atoms with Crippen molar-refractivity contribution in [3.63, 3.8) is 0 Å². The Hall–Kier alpha value is -0.970. The first kappa shape index (κ1) is 11.1. The molecule has 14 heavy (non-hydrogen) atoms. The van der Waals surface area contributed by atoms with Crippen molar-refractivity contribution in [1.29, 1.82) is 0 Å². The van der Waals surface area contributed by atoms with Gasteiger partial charge in [-0.25, -0.2) is 0 Å². The number of tetrazole rings is 1. The number of ether oxygens (including phenoxy) is 1. The third-order valence-electron chi connectivity index (χ3n) is 2.18. The summed E-state index contributed by atoms with van der Waals surface area (Å²) in [6.45, 7) is 5.79. The monoisotopic (exact) mass is 198 g/mol. The van der Waals surface area contributed by atoms with Gasteiger partial charge in [0.1, 0.15) is 0 Å². The summed E-state index contributed by atoms with van der Waals surface area (Å²) in [5.41, 5.74) is 0. The lowest BCUT2D eigenvalue weighted by Crippen LogP contribution is -1.99. The van der Waals surface area contributed by atoms with Gasteiger partial charge in [0.15, 0.2) is 5.82 Å². The zero-order chi connectivity index (χ0) is 10.2. The summed E-state index contributed by atoms with van der Waals surface area (Å²) in [6.07, 6.45) is 3.35. The van der Waals surface area contributed by atoms with Crippen LogP contribution in [-0.2, 0) is 4.74 Å². The van der Waals surface area contributed by atoms with Gasteiger partial charge in [-0.1, -0.05) is 18.6 Å². The van der Waals surface area contributed by atoms with Crippen molar-refractivity contribution in [2.24, 2.45) is 0 Å². The molecule has 5 nitrogen and oxygen atoms in total. The van der Waals surface area contributed by atoms with Gasteiger partial charge in [0.05, 0.1) is 0 Å². The molecule has 5 heteroatoms. The van der Waals surface area contributed by atoms with Crippen LogP contribution in [-0.4, -0.2) is 33.8 Å². The fourth-order valence-electron chi connectivity index (χ4n) is 1.31. The molecular weight excluding hydrogens is 180 g/mol. The third-order valence-corrected chi connectivity index (χ3v) is 2.18. The van der Waals surface area contributed by atoms with Crippen LogP contribution in [0.25, 0.3) is 0 Å². The molecule has 1 atom stereocenters. The highest BCUT2D eigenvalue weighted by Gasteiger charge is 2.09. The molecule has 0 aliphatic rings. The molecule has 0 radical (unpaired) electrons. The van der Waals surface area contributed by atoms with E-state index in [9.17, 15) is 0 Å². The fourth-order valence-corrected chi connectivity index (χ4v) is 1.31. The number of unbranched alkanes of at least 4 members (excludes halogenated alkanes) is 1. The maximum absolute atomic E-state index is 5.26. The van der Waals surface area contributed by atoms with Crippen molar-refractivity contribution < 1.29 is 4.74 Å². The molecule has 1 aromatic heterocycles. The number of nitrogens with zero attached hydrogens (tertiary/aromatic N) is 3. The van der Waals surface area contributed by atoms with Gasteiger partial charge in [0, 0.05) is 19.1 Å². The first-order chi connectivity index (χ1) is 6.84. The molecule has 0 saturated heterocycles. The summed E-state index contributed by atoms with van der Waals surface area (Å²) >= 11 is 0. The summed E-state index contributed by atoms with van der Waals surface area (Å²) in [6, 6.07) is 0. The SMILES string of the molecule is CCOCCCCC(C)c1nn[nH]n1. The molecule has 0 saturated carbocycles. The van der Waals surface area contributed by atoms with Gasteiger partial charge in [-0.3, -0.25) is 0 Å². The van der Waals surface area contributed by atoms with Gasteiger partial charge in [-0.2, -0.15) is 5.21 Å². The van der Waals surface area contributed by atoms with Crippen molar-refractivity contribution in [2.75, 3.05) is 13.2 Å². The lowest BCUT2D eigenvalue weighted by Gasteiger charge is -2.05. The van der Waals surface area contributed by atoms with Crippen molar-refractivity contribution in [1.82, 2.24) is 20.6 Å². The Morgan fingerprint density at radius 3 is 2.93 bits per heavy atom.